The van der Waals surface area contributed by atoms with Crippen LogP contribution in [0.3, 0.4) is 0 Å². The number of rotatable bonds is 7. The molecular formula is C44H45ClN10O7. The second-order valence-corrected chi connectivity index (χ2v) is 15.2. The lowest BCUT2D eigenvalue weighted by Gasteiger charge is -2.19. The molecule has 0 unspecified atom stereocenters. The fourth-order valence-corrected chi connectivity index (χ4v) is 7.57. The lowest BCUT2D eigenvalue weighted by molar-refractivity contribution is -0.121. The van der Waals surface area contributed by atoms with Crippen molar-refractivity contribution in [2.45, 2.75) is 48.6 Å². The number of fused-ring (bicyclic) bond motifs is 2. The standard InChI is InChI=1S/C22H21N5O3.C13H12N2O2.C9H11N3O2.ClH/c1-27-19-17(8-5-11-23-19)30-13-16(21(27)29)24-20(28)15-12-18(26-25-15)22(9-10-22)14-6-3-2-4-7-14;16-12(17)10-8-11(15-14-10)13(6-7-13)9-4-2-1-3-5-9;1-12-8-7(3-2-4-11-8)14-5-6(10)9(12)13;/h2-8,11-12,16H,9-10,13H2,1H3,(H,24,28)(H,25,26);1-5,8H,6-7H2,(H,14,15)(H,16,17);2-4,6H,5,10H2,1H3;1H/t16-;;6-;/m0.0./s1. The molecular weight excluding hydrogens is 816 g/mol. The number of halogens is 1. The number of amides is 3. The Morgan fingerprint density at radius 1 is 0.710 bits per heavy atom. The molecule has 6 heterocycles. The molecule has 0 bridgehead atoms. The van der Waals surface area contributed by atoms with Gasteiger partial charge in [-0.05, 0) is 73.2 Å². The van der Waals surface area contributed by atoms with E-state index in [1.54, 1.807) is 62.9 Å². The zero-order valence-electron chi connectivity index (χ0n) is 33.9. The molecule has 0 radical (unpaired) electrons. The predicted molar refractivity (Wildman–Crippen MR) is 230 cm³/mol. The number of hydrogen-bond donors (Lipinski definition) is 5. The molecule has 2 fully saturated rings. The number of nitrogens with zero attached hydrogens (tertiary/aromatic N) is 6. The minimum Gasteiger partial charge on any atom is -0.488 e. The van der Waals surface area contributed by atoms with Gasteiger partial charge in [0, 0.05) is 48.7 Å². The van der Waals surface area contributed by atoms with Gasteiger partial charge in [0.05, 0.1) is 0 Å². The van der Waals surface area contributed by atoms with Crippen LogP contribution in [-0.2, 0) is 20.4 Å². The third kappa shape index (κ3) is 8.57. The third-order valence-corrected chi connectivity index (χ3v) is 11.3. The molecule has 2 aliphatic carbocycles. The molecule has 2 aromatic carbocycles. The zero-order valence-corrected chi connectivity index (χ0v) is 34.7. The van der Waals surface area contributed by atoms with Crippen molar-refractivity contribution < 1.29 is 33.8 Å². The lowest BCUT2D eigenvalue weighted by atomic mass is 9.92. The predicted octanol–water partition coefficient (Wildman–Crippen LogP) is 4.41. The van der Waals surface area contributed by atoms with Gasteiger partial charge in [-0.25, -0.2) is 14.8 Å². The van der Waals surface area contributed by atoms with Gasteiger partial charge in [0.1, 0.15) is 31.0 Å². The molecule has 0 saturated heterocycles. The highest BCUT2D eigenvalue weighted by atomic mass is 35.5. The van der Waals surface area contributed by atoms with Crippen molar-refractivity contribution in [3.05, 3.63) is 143 Å². The van der Waals surface area contributed by atoms with E-state index in [0.29, 0.717) is 23.1 Å². The van der Waals surface area contributed by atoms with Crippen LogP contribution in [0.25, 0.3) is 0 Å². The molecule has 3 amide bonds. The third-order valence-electron chi connectivity index (χ3n) is 11.3. The maximum atomic E-state index is 12.8. The number of aromatic carboxylic acids is 1. The number of H-pyrrole nitrogens is 2. The molecule has 320 valence electrons. The number of nitrogens with one attached hydrogen (secondary N) is 3. The quantitative estimate of drug-likeness (QED) is 0.150. The van der Waals surface area contributed by atoms with Crippen LogP contribution in [0.1, 0.15) is 69.2 Å². The fourth-order valence-electron chi connectivity index (χ4n) is 7.57. The summed E-state index contributed by atoms with van der Waals surface area (Å²) in [5, 5.41) is 25.5. The fraction of sp³-hybridized carbons (Fsp3) is 0.273. The van der Waals surface area contributed by atoms with Crippen molar-refractivity contribution >= 4 is 47.7 Å². The Hall–Kier alpha value is -7.11. The number of likely N-dealkylation sites (N-methyl/N-ethyl adjacent to an activating group) is 2. The van der Waals surface area contributed by atoms with Crippen LogP contribution in [0.15, 0.2) is 109 Å². The van der Waals surface area contributed by atoms with E-state index in [1.165, 1.54) is 20.9 Å². The van der Waals surface area contributed by atoms with Crippen LogP contribution < -0.4 is 30.3 Å². The Labute approximate surface area is 362 Å². The first-order valence-electron chi connectivity index (χ1n) is 19.7. The Kier molecular flexibility index (Phi) is 12.4. The van der Waals surface area contributed by atoms with Crippen molar-refractivity contribution in [3.63, 3.8) is 0 Å². The van der Waals surface area contributed by atoms with E-state index in [2.05, 4.69) is 59.9 Å². The second-order valence-electron chi connectivity index (χ2n) is 15.2. The lowest BCUT2D eigenvalue weighted by Crippen LogP contribution is -2.49. The first-order valence-corrected chi connectivity index (χ1v) is 19.7. The number of pyridine rings is 2. The van der Waals surface area contributed by atoms with Crippen molar-refractivity contribution in [2.24, 2.45) is 5.73 Å². The molecule has 6 aromatic rings. The van der Waals surface area contributed by atoms with Gasteiger partial charge in [-0.1, -0.05) is 60.7 Å². The smallest absolute Gasteiger partial charge is 0.356 e. The highest BCUT2D eigenvalue weighted by molar-refractivity contribution is 6.02. The number of carbonyl (C=O) groups is 4. The number of benzene rings is 2. The molecule has 2 aliphatic heterocycles. The highest BCUT2D eigenvalue weighted by Crippen LogP contribution is 2.53. The van der Waals surface area contributed by atoms with Crippen molar-refractivity contribution in [2.75, 3.05) is 37.1 Å². The van der Waals surface area contributed by atoms with Gasteiger partial charge < -0.3 is 25.6 Å². The number of aromatic nitrogens is 6. The van der Waals surface area contributed by atoms with E-state index < -0.39 is 24.0 Å². The summed E-state index contributed by atoms with van der Waals surface area (Å²) in [7, 11) is 3.26. The number of carbonyl (C=O) groups excluding carboxylic acids is 3. The zero-order chi connectivity index (χ0) is 42.7. The summed E-state index contributed by atoms with van der Waals surface area (Å²) in [5.41, 5.74) is 10.0. The summed E-state index contributed by atoms with van der Waals surface area (Å²) in [4.78, 5) is 59.1. The van der Waals surface area contributed by atoms with E-state index >= 15 is 0 Å². The van der Waals surface area contributed by atoms with Crippen LogP contribution >= 0.6 is 12.4 Å². The van der Waals surface area contributed by atoms with Crippen LogP contribution in [0.4, 0.5) is 11.6 Å². The number of nitrogens with two attached hydrogens (primary N) is 1. The number of ether oxygens (including phenoxy) is 2. The Morgan fingerprint density at radius 2 is 1.18 bits per heavy atom. The van der Waals surface area contributed by atoms with Crippen molar-refractivity contribution in [1.29, 1.82) is 0 Å². The van der Waals surface area contributed by atoms with E-state index in [1.807, 2.05) is 36.4 Å². The summed E-state index contributed by atoms with van der Waals surface area (Å²) in [6.45, 7) is 0.223. The number of carboxylic acid groups (broad SMARTS) is 1. The first-order chi connectivity index (χ1) is 29.5. The molecule has 2 saturated carbocycles. The van der Waals surface area contributed by atoms with Crippen LogP contribution in [0, 0.1) is 0 Å². The number of aromatic amines is 2. The summed E-state index contributed by atoms with van der Waals surface area (Å²) in [6, 6.07) is 29.3. The van der Waals surface area contributed by atoms with Gasteiger partial charge in [0.25, 0.3) is 11.8 Å². The number of anilines is 2. The average Bonchev–Trinajstić information content (AvgIpc) is 4.19. The second kappa shape index (κ2) is 17.9. The molecule has 18 heteroatoms. The van der Waals surface area contributed by atoms with E-state index in [0.717, 1.165) is 37.1 Å². The molecule has 17 nitrogen and oxygen atoms in total. The largest absolute Gasteiger partial charge is 0.488 e. The van der Waals surface area contributed by atoms with Gasteiger partial charge in [0.15, 0.2) is 28.8 Å². The molecule has 10 rings (SSSR count). The normalized spacial score (nSPS) is 18.8. The molecule has 62 heavy (non-hydrogen) atoms. The van der Waals surface area contributed by atoms with Crippen molar-refractivity contribution in [1.82, 2.24) is 35.7 Å². The molecule has 6 N–H and O–H groups in total. The van der Waals surface area contributed by atoms with E-state index in [9.17, 15) is 19.2 Å². The average molecular weight is 861 g/mol. The first kappa shape index (κ1) is 43.0. The molecule has 4 aromatic heterocycles. The summed E-state index contributed by atoms with van der Waals surface area (Å²) < 4.78 is 11.0. The van der Waals surface area contributed by atoms with Gasteiger partial charge >= 0.3 is 5.97 Å². The summed E-state index contributed by atoms with van der Waals surface area (Å²) in [6.07, 6.45) is 7.30. The monoisotopic (exact) mass is 860 g/mol. The van der Waals surface area contributed by atoms with Crippen LogP contribution in [-0.4, -0.2) is 98.6 Å². The Bertz CT molecular complexity index is 2560. The molecule has 2 atom stereocenters. The highest BCUT2D eigenvalue weighted by Gasteiger charge is 2.48. The van der Waals surface area contributed by atoms with Gasteiger partial charge in [-0.2, -0.15) is 10.2 Å². The molecule has 0 spiro atoms. The van der Waals surface area contributed by atoms with Gasteiger partial charge in [0.2, 0.25) is 5.91 Å². The Morgan fingerprint density at radius 3 is 1.66 bits per heavy atom. The SMILES string of the molecule is CN1C(=O)[C@@H](N)COc2cccnc21.CN1C(=O)[C@@H](NC(=O)c2cc(C3(c4ccccc4)CC3)[nH]n2)COc2cccnc21.Cl.O=C(O)c1cc(C2(c3ccccc3)CC2)[nH]n1. The van der Waals surface area contributed by atoms with Crippen molar-refractivity contribution in [3.8, 4) is 11.5 Å². The van der Waals surface area contributed by atoms with E-state index in [-0.39, 0.29) is 59.7 Å². The summed E-state index contributed by atoms with van der Waals surface area (Å²) in [5.74, 6) is 0.168. The topological polar surface area (TPSA) is 235 Å². The summed E-state index contributed by atoms with van der Waals surface area (Å²) >= 11 is 0. The van der Waals surface area contributed by atoms with E-state index in [4.69, 9.17) is 20.3 Å². The van der Waals surface area contributed by atoms with Gasteiger partial charge in [-0.15, -0.1) is 12.4 Å². The van der Waals surface area contributed by atoms with Crippen LogP contribution in [0.5, 0.6) is 11.5 Å². The Balaban J connectivity index is 0.000000153. The maximum absolute atomic E-state index is 12.8. The maximum Gasteiger partial charge on any atom is 0.356 e. The van der Waals surface area contributed by atoms with Gasteiger partial charge in [-0.3, -0.25) is 34.4 Å². The minimum absolute atomic E-state index is 0. The van der Waals surface area contributed by atoms with Crippen LogP contribution in [0.2, 0.25) is 0 Å². The number of carboxylic acids is 1. The molecule has 4 aliphatic rings. The minimum atomic E-state index is -0.989. The number of hydrogen-bond acceptors (Lipinski definition) is 11.